The van der Waals surface area contributed by atoms with Crippen molar-refractivity contribution in [1.82, 2.24) is 0 Å². The topological polar surface area (TPSA) is 77.4 Å². The number of aliphatic hydroxyl groups excluding tert-OH is 1. The van der Waals surface area contributed by atoms with Crippen molar-refractivity contribution in [3.05, 3.63) is 0 Å². The fourth-order valence-electron chi connectivity index (χ4n) is 3.48. The molecule has 0 aliphatic rings. The second kappa shape index (κ2) is 21.6. The number of hydrogen-bond acceptors (Lipinski definition) is 4. The van der Waals surface area contributed by atoms with Gasteiger partial charge in [0.1, 0.15) is 0 Å². The standard InChI is InChI=1S/C21H44O4S.Na/c1-2-3-4-5-12-15-18-21(26(23,24)25)19-16-13-10-8-6-7-9-11-14-17-20-22;/h21-22H,2-20H2,1H3,(H,23,24,25);/q;+1/p-1. The SMILES string of the molecule is CCCCCCCCC(CCCCCCCCCCCCO)S(=O)(=O)[O-].[Na+]. The molecule has 0 aromatic carbocycles. The van der Waals surface area contributed by atoms with E-state index in [4.69, 9.17) is 5.11 Å². The van der Waals surface area contributed by atoms with E-state index >= 15 is 0 Å². The summed E-state index contributed by atoms with van der Waals surface area (Å²) in [6.45, 7) is 2.48. The first kappa shape index (κ1) is 30.1. The third kappa shape index (κ3) is 21.4. The minimum atomic E-state index is -4.14. The van der Waals surface area contributed by atoms with Gasteiger partial charge in [-0.15, -0.1) is 0 Å². The number of rotatable bonds is 20. The van der Waals surface area contributed by atoms with Gasteiger partial charge in [-0.3, -0.25) is 0 Å². The Morgan fingerprint density at radius 1 is 0.667 bits per heavy atom. The van der Waals surface area contributed by atoms with Crippen molar-refractivity contribution in [1.29, 1.82) is 0 Å². The first-order valence-corrected chi connectivity index (χ1v) is 12.5. The number of aliphatic hydroxyl groups is 1. The molecule has 158 valence electrons. The maximum atomic E-state index is 11.4. The van der Waals surface area contributed by atoms with Crippen LogP contribution in [0.2, 0.25) is 0 Å². The van der Waals surface area contributed by atoms with Crippen LogP contribution >= 0.6 is 0 Å². The van der Waals surface area contributed by atoms with Crippen LogP contribution in [0.25, 0.3) is 0 Å². The van der Waals surface area contributed by atoms with Crippen molar-refractivity contribution in [3.8, 4) is 0 Å². The Kier molecular flexibility index (Phi) is 24.0. The number of hydrogen-bond donors (Lipinski definition) is 1. The fraction of sp³-hybridized carbons (Fsp3) is 1.00. The Morgan fingerprint density at radius 2 is 1.00 bits per heavy atom. The Hall–Kier alpha value is 0.870. The molecule has 0 aromatic heterocycles. The summed E-state index contributed by atoms with van der Waals surface area (Å²) in [5.41, 5.74) is 0. The van der Waals surface area contributed by atoms with Crippen molar-refractivity contribution in [2.24, 2.45) is 0 Å². The minimum Gasteiger partial charge on any atom is -0.748 e. The Bertz CT molecular complexity index is 388. The van der Waals surface area contributed by atoms with Crippen molar-refractivity contribution >= 4 is 10.1 Å². The van der Waals surface area contributed by atoms with E-state index in [1.165, 1.54) is 51.4 Å². The molecule has 1 unspecified atom stereocenters. The zero-order valence-electron chi connectivity index (χ0n) is 18.1. The van der Waals surface area contributed by atoms with Crippen LogP contribution in [0.5, 0.6) is 0 Å². The van der Waals surface area contributed by atoms with Gasteiger partial charge in [0.15, 0.2) is 0 Å². The quantitative estimate of drug-likeness (QED) is 0.189. The molecule has 4 nitrogen and oxygen atoms in total. The predicted octanol–water partition coefficient (Wildman–Crippen LogP) is 2.94. The van der Waals surface area contributed by atoms with E-state index in [2.05, 4.69) is 6.92 Å². The molecule has 0 radical (unpaired) electrons. The van der Waals surface area contributed by atoms with Crippen molar-refractivity contribution in [2.75, 3.05) is 6.61 Å². The van der Waals surface area contributed by atoms with E-state index in [1.807, 2.05) is 0 Å². The van der Waals surface area contributed by atoms with Crippen molar-refractivity contribution in [3.63, 3.8) is 0 Å². The second-order valence-corrected chi connectivity index (χ2v) is 9.37. The van der Waals surface area contributed by atoms with E-state index in [1.54, 1.807) is 0 Å². The van der Waals surface area contributed by atoms with Gasteiger partial charge in [-0.05, 0) is 19.3 Å². The van der Waals surface area contributed by atoms with E-state index < -0.39 is 15.4 Å². The third-order valence-electron chi connectivity index (χ3n) is 5.22. The van der Waals surface area contributed by atoms with E-state index in [9.17, 15) is 13.0 Å². The van der Waals surface area contributed by atoms with E-state index in [0.717, 1.165) is 51.4 Å². The van der Waals surface area contributed by atoms with Crippen LogP contribution < -0.4 is 29.6 Å². The monoisotopic (exact) mass is 414 g/mol. The third-order valence-corrected chi connectivity index (χ3v) is 6.51. The Labute approximate surface area is 191 Å². The van der Waals surface area contributed by atoms with Gasteiger partial charge in [0.05, 0.1) is 10.1 Å². The van der Waals surface area contributed by atoms with Crippen LogP contribution in [0, 0.1) is 0 Å². The molecule has 0 aliphatic heterocycles. The minimum absolute atomic E-state index is 0. The van der Waals surface area contributed by atoms with Crippen LogP contribution in [0.3, 0.4) is 0 Å². The normalized spacial score (nSPS) is 12.7. The molecule has 0 aliphatic carbocycles. The molecule has 6 heteroatoms. The molecule has 0 saturated carbocycles. The second-order valence-electron chi connectivity index (χ2n) is 7.72. The van der Waals surface area contributed by atoms with Crippen LogP contribution in [-0.2, 0) is 10.1 Å². The van der Waals surface area contributed by atoms with Crippen LogP contribution in [0.4, 0.5) is 0 Å². The molecule has 1 atom stereocenters. The van der Waals surface area contributed by atoms with Gasteiger partial charge in [0.25, 0.3) is 0 Å². The Balaban J connectivity index is 0. The van der Waals surface area contributed by atoms with Crippen molar-refractivity contribution < 1.29 is 47.6 Å². The fourth-order valence-corrected chi connectivity index (χ4v) is 4.39. The zero-order chi connectivity index (χ0) is 19.5. The van der Waals surface area contributed by atoms with Gasteiger partial charge < -0.3 is 9.66 Å². The summed E-state index contributed by atoms with van der Waals surface area (Å²) in [4.78, 5) is 0. The summed E-state index contributed by atoms with van der Waals surface area (Å²) < 4.78 is 34.3. The van der Waals surface area contributed by atoms with Crippen LogP contribution in [0.15, 0.2) is 0 Å². The molecule has 0 heterocycles. The maximum Gasteiger partial charge on any atom is 1.00 e. The molecular formula is C21H43NaO4S. The van der Waals surface area contributed by atoms with Crippen molar-refractivity contribution in [2.45, 2.75) is 128 Å². The summed E-state index contributed by atoms with van der Waals surface area (Å²) in [6.07, 6.45) is 19.0. The molecule has 0 spiro atoms. The zero-order valence-corrected chi connectivity index (χ0v) is 20.9. The molecule has 0 fully saturated rings. The molecule has 1 N–H and O–H groups in total. The maximum absolute atomic E-state index is 11.4. The Morgan fingerprint density at radius 3 is 1.33 bits per heavy atom. The molecule has 0 rings (SSSR count). The van der Waals surface area contributed by atoms with Gasteiger partial charge in [-0.25, -0.2) is 8.42 Å². The smallest absolute Gasteiger partial charge is 0.748 e. The van der Waals surface area contributed by atoms with Crippen LogP contribution in [-0.4, -0.2) is 29.9 Å². The largest absolute Gasteiger partial charge is 1.00 e. The van der Waals surface area contributed by atoms with Crippen LogP contribution in [0.1, 0.15) is 122 Å². The summed E-state index contributed by atoms with van der Waals surface area (Å²) in [6, 6.07) is 0. The summed E-state index contributed by atoms with van der Waals surface area (Å²) >= 11 is 0. The molecule has 0 saturated heterocycles. The average Bonchev–Trinajstić information content (AvgIpc) is 2.59. The predicted molar refractivity (Wildman–Crippen MR) is 109 cm³/mol. The van der Waals surface area contributed by atoms with E-state index in [0.29, 0.717) is 19.4 Å². The first-order valence-electron chi connectivity index (χ1n) is 11.1. The molecule has 0 bridgehead atoms. The van der Waals surface area contributed by atoms with Gasteiger partial charge in [0.2, 0.25) is 0 Å². The van der Waals surface area contributed by atoms with Gasteiger partial charge >= 0.3 is 29.6 Å². The molecule has 0 amide bonds. The van der Waals surface area contributed by atoms with Gasteiger partial charge in [-0.2, -0.15) is 0 Å². The molecule has 27 heavy (non-hydrogen) atoms. The van der Waals surface area contributed by atoms with Gasteiger partial charge in [0, 0.05) is 11.9 Å². The summed E-state index contributed by atoms with van der Waals surface area (Å²) in [5, 5.41) is 8.05. The van der Waals surface area contributed by atoms with Gasteiger partial charge in [-0.1, -0.05) is 103 Å². The first-order chi connectivity index (χ1) is 12.5. The van der Waals surface area contributed by atoms with E-state index in [-0.39, 0.29) is 29.6 Å². The summed E-state index contributed by atoms with van der Waals surface area (Å²) in [7, 11) is -4.14. The number of unbranched alkanes of at least 4 members (excludes halogenated alkanes) is 14. The molecule has 0 aromatic rings. The average molecular weight is 415 g/mol. The summed E-state index contributed by atoms with van der Waals surface area (Å²) in [5.74, 6) is 0. The molecular weight excluding hydrogens is 371 g/mol.